The van der Waals surface area contributed by atoms with Gasteiger partial charge in [-0.05, 0) is 31.0 Å². The molecule has 1 aromatic carbocycles. The summed E-state index contributed by atoms with van der Waals surface area (Å²) in [6.45, 7) is 6.23. The number of nitrogens with zero attached hydrogens (tertiary/aromatic N) is 1. The van der Waals surface area contributed by atoms with Gasteiger partial charge >= 0.3 is 0 Å². The van der Waals surface area contributed by atoms with Crippen molar-refractivity contribution in [3.8, 4) is 6.07 Å². The number of fused-ring (bicyclic) bond motifs is 1. The summed E-state index contributed by atoms with van der Waals surface area (Å²) in [7, 11) is 0. The Labute approximate surface area is 124 Å². The molecule has 2 N–H and O–H groups in total. The summed E-state index contributed by atoms with van der Waals surface area (Å²) >= 11 is 0. The van der Waals surface area contributed by atoms with Gasteiger partial charge in [-0.1, -0.05) is 20.8 Å². The summed E-state index contributed by atoms with van der Waals surface area (Å²) in [5, 5.41) is 13.3. The first-order chi connectivity index (χ1) is 9.90. The van der Waals surface area contributed by atoms with E-state index in [1.54, 1.807) is 0 Å². The molecule has 0 bridgehead atoms. The highest BCUT2D eigenvalue weighted by Crippen LogP contribution is 2.33. The molecule has 108 valence electrons. The molecule has 2 aromatic rings. The van der Waals surface area contributed by atoms with E-state index in [0.29, 0.717) is 5.56 Å². The molecule has 1 aliphatic rings. The van der Waals surface area contributed by atoms with Crippen molar-refractivity contribution in [1.29, 1.82) is 5.26 Å². The van der Waals surface area contributed by atoms with Crippen LogP contribution in [0.15, 0.2) is 18.2 Å². The van der Waals surface area contributed by atoms with Crippen LogP contribution in [-0.2, 0) is 10.2 Å². The zero-order chi connectivity index (χ0) is 15.2. The Hall–Kier alpha value is -2.28. The van der Waals surface area contributed by atoms with Gasteiger partial charge in [0, 0.05) is 33.6 Å². The van der Waals surface area contributed by atoms with Crippen molar-refractivity contribution in [2.45, 2.75) is 39.0 Å². The van der Waals surface area contributed by atoms with Crippen molar-refractivity contribution in [2.24, 2.45) is 5.92 Å². The molecule has 1 amide bonds. The number of aromatic nitrogens is 1. The maximum absolute atomic E-state index is 11.8. The number of aromatic amines is 1. The van der Waals surface area contributed by atoms with E-state index in [2.05, 4.69) is 37.1 Å². The first-order valence-electron chi connectivity index (χ1n) is 7.27. The molecule has 0 atom stereocenters. The Bertz CT molecular complexity index is 755. The Balaban J connectivity index is 2.04. The van der Waals surface area contributed by atoms with Gasteiger partial charge in [0.1, 0.15) is 6.07 Å². The lowest BCUT2D eigenvalue weighted by molar-refractivity contribution is -0.117. The van der Waals surface area contributed by atoms with Crippen LogP contribution < -0.4 is 5.32 Å². The fourth-order valence-corrected chi connectivity index (χ4v) is 2.54. The van der Waals surface area contributed by atoms with Gasteiger partial charge in [0.05, 0.1) is 5.56 Å². The molecule has 0 saturated heterocycles. The molecule has 4 nitrogen and oxygen atoms in total. The normalized spacial score (nSPS) is 15.0. The molecule has 1 aromatic heterocycles. The van der Waals surface area contributed by atoms with Gasteiger partial charge in [-0.2, -0.15) is 5.26 Å². The van der Waals surface area contributed by atoms with Gasteiger partial charge in [-0.25, -0.2) is 0 Å². The molecule has 3 rings (SSSR count). The Kier molecular flexibility index (Phi) is 3.02. The van der Waals surface area contributed by atoms with E-state index in [0.717, 1.165) is 35.1 Å². The number of amides is 1. The molecular formula is C17H19N3O. The molecule has 1 saturated carbocycles. The smallest absolute Gasteiger partial charge is 0.227 e. The second-order valence-electron chi connectivity index (χ2n) is 6.76. The highest BCUT2D eigenvalue weighted by molar-refractivity contribution is 5.97. The zero-order valence-electron chi connectivity index (χ0n) is 12.6. The number of carbonyl (C=O) groups is 1. The molecule has 0 aliphatic heterocycles. The van der Waals surface area contributed by atoms with E-state index in [1.807, 2.05) is 18.2 Å². The number of anilines is 1. The van der Waals surface area contributed by atoms with Crippen molar-refractivity contribution in [2.75, 3.05) is 5.32 Å². The Morgan fingerprint density at radius 2 is 2.10 bits per heavy atom. The highest BCUT2D eigenvalue weighted by atomic mass is 16.2. The van der Waals surface area contributed by atoms with E-state index in [4.69, 9.17) is 0 Å². The third-order valence-electron chi connectivity index (χ3n) is 3.88. The number of nitrogens with one attached hydrogen (secondary N) is 2. The number of carbonyl (C=O) groups excluding carboxylic acids is 1. The summed E-state index contributed by atoms with van der Waals surface area (Å²) in [5.74, 6) is 0.256. The van der Waals surface area contributed by atoms with E-state index in [1.165, 1.54) is 0 Å². The highest BCUT2D eigenvalue weighted by Gasteiger charge is 2.29. The molecule has 1 fully saturated rings. The van der Waals surface area contributed by atoms with Crippen LogP contribution in [-0.4, -0.2) is 10.9 Å². The minimum absolute atomic E-state index is 0.0828. The zero-order valence-corrected chi connectivity index (χ0v) is 12.6. The van der Waals surface area contributed by atoms with Gasteiger partial charge in [0.15, 0.2) is 0 Å². The summed E-state index contributed by atoms with van der Waals surface area (Å²) in [6, 6.07) is 7.99. The van der Waals surface area contributed by atoms with E-state index in [-0.39, 0.29) is 17.2 Å². The standard InChI is InChI=1S/C17H19N3O/c1-17(2,3)15-13(9-18)12-8-11(6-7-14(12)20-15)19-16(21)10-4-5-10/h6-8,10,20H,4-5H2,1-3H3,(H,19,21). The first-order valence-corrected chi connectivity index (χ1v) is 7.27. The third-order valence-corrected chi connectivity index (χ3v) is 3.88. The molecule has 0 spiro atoms. The maximum Gasteiger partial charge on any atom is 0.227 e. The lowest BCUT2D eigenvalue weighted by Crippen LogP contribution is -2.13. The monoisotopic (exact) mass is 281 g/mol. The van der Waals surface area contributed by atoms with Crippen molar-refractivity contribution in [3.63, 3.8) is 0 Å². The second-order valence-corrected chi connectivity index (χ2v) is 6.76. The minimum atomic E-state index is -0.124. The molecule has 4 heteroatoms. The van der Waals surface area contributed by atoms with Gasteiger partial charge in [0.25, 0.3) is 0 Å². The van der Waals surface area contributed by atoms with E-state index < -0.39 is 0 Å². The van der Waals surface area contributed by atoms with Crippen molar-refractivity contribution < 1.29 is 4.79 Å². The largest absolute Gasteiger partial charge is 0.357 e. The number of hydrogen-bond donors (Lipinski definition) is 2. The SMILES string of the molecule is CC(C)(C)c1[nH]c2ccc(NC(=O)C3CC3)cc2c1C#N. The van der Waals surface area contributed by atoms with Gasteiger partial charge < -0.3 is 10.3 Å². The number of benzene rings is 1. The first kappa shape index (κ1) is 13.7. The van der Waals surface area contributed by atoms with Crippen molar-refractivity contribution >= 4 is 22.5 Å². The number of nitriles is 1. The van der Waals surface area contributed by atoms with Crippen LogP contribution in [0, 0.1) is 17.2 Å². The number of hydrogen-bond acceptors (Lipinski definition) is 2. The third kappa shape index (κ3) is 2.52. The fourth-order valence-electron chi connectivity index (χ4n) is 2.54. The molecule has 1 aliphatic carbocycles. The lowest BCUT2D eigenvalue weighted by atomic mass is 9.89. The summed E-state index contributed by atoms with van der Waals surface area (Å²) in [4.78, 5) is 15.2. The summed E-state index contributed by atoms with van der Waals surface area (Å²) in [6.07, 6.45) is 1.96. The van der Waals surface area contributed by atoms with Crippen LogP contribution in [0.4, 0.5) is 5.69 Å². The van der Waals surface area contributed by atoms with Gasteiger partial charge in [0.2, 0.25) is 5.91 Å². The predicted molar refractivity (Wildman–Crippen MR) is 83.1 cm³/mol. The van der Waals surface area contributed by atoms with Crippen LogP contribution in [0.2, 0.25) is 0 Å². The fraction of sp³-hybridized carbons (Fsp3) is 0.412. The molecule has 1 heterocycles. The minimum Gasteiger partial charge on any atom is -0.357 e. The quantitative estimate of drug-likeness (QED) is 0.881. The Morgan fingerprint density at radius 1 is 1.38 bits per heavy atom. The van der Waals surface area contributed by atoms with Gasteiger partial charge in [-0.15, -0.1) is 0 Å². The summed E-state index contributed by atoms with van der Waals surface area (Å²) in [5.41, 5.74) is 3.17. The van der Waals surface area contributed by atoms with Crippen molar-refractivity contribution in [3.05, 3.63) is 29.5 Å². The maximum atomic E-state index is 11.8. The average Bonchev–Trinajstić information content (AvgIpc) is 3.18. The van der Waals surface area contributed by atoms with Crippen molar-refractivity contribution in [1.82, 2.24) is 4.98 Å². The topological polar surface area (TPSA) is 68.7 Å². The van der Waals surface area contributed by atoms with Crippen LogP contribution >= 0.6 is 0 Å². The van der Waals surface area contributed by atoms with E-state index >= 15 is 0 Å². The van der Waals surface area contributed by atoms with Crippen LogP contribution in [0.1, 0.15) is 44.9 Å². The van der Waals surface area contributed by atoms with Crippen LogP contribution in [0.25, 0.3) is 10.9 Å². The lowest BCUT2D eigenvalue weighted by Gasteiger charge is -2.16. The molecular weight excluding hydrogens is 262 g/mol. The Morgan fingerprint density at radius 3 is 2.67 bits per heavy atom. The van der Waals surface area contributed by atoms with Gasteiger partial charge in [-0.3, -0.25) is 4.79 Å². The second kappa shape index (κ2) is 4.63. The van der Waals surface area contributed by atoms with Crippen LogP contribution in [0.3, 0.4) is 0 Å². The molecule has 21 heavy (non-hydrogen) atoms. The van der Waals surface area contributed by atoms with Crippen LogP contribution in [0.5, 0.6) is 0 Å². The number of H-pyrrole nitrogens is 1. The average molecular weight is 281 g/mol. The van der Waals surface area contributed by atoms with E-state index in [9.17, 15) is 10.1 Å². The predicted octanol–water partition coefficient (Wildman–Crippen LogP) is 3.69. The molecule has 0 unspecified atom stereocenters. The number of rotatable bonds is 2. The molecule has 0 radical (unpaired) electrons. The summed E-state index contributed by atoms with van der Waals surface area (Å²) < 4.78 is 0.